The van der Waals surface area contributed by atoms with E-state index in [1.807, 2.05) is 0 Å². The summed E-state index contributed by atoms with van der Waals surface area (Å²) in [6, 6.07) is 9.28. The van der Waals surface area contributed by atoms with Gasteiger partial charge in [-0.2, -0.15) is 0 Å². The van der Waals surface area contributed by atoms with Crippen molar-refractivity contribution < 1.29 is 0 Å². The fourth-order valence-electron chi connectivity index (χ4n) is 2.64. The van der Waals surface area contributed by atoms with Crippen LogP contribution < -0.4 is 10.2 Å². The van der Waals surface area contributed by atoms with Crippen molar-refractivity contribution in [2.24, 2.45) is 5.41 Å². The van der Waals surface area contributed by atoms with Crippen LogP contribution in [-0.4, -0.2) is 25.7 Å². The molecular weight excluding hydrogens is 220 g/mol. The Hall–Kier alpha value is -1.02. The van der Waals surface area contributed by atoms with Gasteiger partial charge in [0.15, 0.2) is 0 Å². The van der Waals surface area contributed by atoms with E-state index in [0.29, 0.717) is 11.5 Å². The molecule has 2 nitrogen and oxygen atoms in total. The summed E-state index contributed by atoms with van der Waals surface area (Å²) in [5.41, 5.74) is 3.09. The quantitative estimate of drug-likeness (QED) is 0.818. The maximum atomic E-state index is 3.70. The highest BCUT2D eigenvalue weighted by Crippen LogP contribution is 2.26. The van der Waals surface area contributed by atoms with Gasteiger partial charge < -0.3 is 10.2 Å². The Kier molecular flexibility index (Phi) is 3.96. The Labute approximate surface area is 111 Å². The summed E-state index contributed by atoms with van der Waals surface area (Å²) in [6.07, 6.45) is 1.22. The van der Waals surface area contributed by atoms with Crippen LogP contribution in [0.4, 0.5) is 5.69 Å². The number of nitrogens with zero attached hydrogens (tertiary/aromatic N) is 1. The number of hydrogen-bond acceptors (Lipinski definition) is 2. The molecule has 0 saturated carbocycles. The molecule has 1 aromatic rings. The molecule has 100 valence electrons. The van der Waals surface area contributed by atoms with Crippen molar-refractivity contribution in [3.8, 4) is 0 Å². The molecule has 0 aromatic heterocycles. The number of benzene rings is 1. The molecule has 1 unspecified atom stereocenters. The lowest BCUT2D eigenvalue weighted by Crippen LogP contribution is -2.46. The molecule has 0 amide bonds. The van der Waals surface area contributed by atoms with E-state index in [4.69, 9.17) is 0 Å². The third-order valence-electron chi connectivity index (χ3n) is 3.90. The van der Waals surface area contributed by atoms with E-state index < -0.39 is 0 Å². The maximum absolute atomic E-state index is 3.70. The van der Waals surface area contributed by atoms with Crippen LogP contribution in [0.1, 0.15) is 32.8 Å². The Morgan fingerprint density at radius 2 is 1.94 bits per heavy atom. The lowest BCUT2D eigenvalue weighted by Gasteiger charge is -2.35. The highest BCUT2D eigenvalue weighted by atomic mass is 15.2. The van der Waals surface area contributed by atoms with Gasteiger partial charge in [0.2, 0.25) is 0 Å². The van der Waals surface area contributed by atoms with Gasteiger partial charge in [-0.05, 0) is 36.9 Å². The van der Waals surface area contributed by atoms with Gasteiger partial charge in [0.05, 0.1) is 0 Å². The number of anilines is 1. The summed E-state index contributed by atoms with van der Waals surface area (Å²) in [6.45, 7) is 12.6. The summed E-state index contributed by atoms with van der Waals surface area (Å²) in [7, 11) is 0. The van der Waals surface area contributed by atoms with Crippen LogP contribution in [0.2, 0.25) is 0 Å². The largest absolute Gasteiger partial charge is 0.370 e. The van der Waals surface area contributed by atoms with Crippen LogP contribution in [0, 0.1) is 12.3 Å². The van der Waals surface area contributed by atoms with Gasteiger partial charge in [-0.15, -0.1) is 0 Å². The summed E-state index contributed by atoms with van der Waals surface area (Å²) in [5, 5.41) is 3.70. The van der Waals surface area contributed by atoms with Gasteiger partial charge in [0, 0.05) is 24.8 Å². The Morgan fingerprint density at radius 3 is 2.61 bits per heavy atom. The van der Waals surface area contributed by atoms with Crippen LogP contribution in [0.25, 0.3) is 0 Å². The molecule has 1 atom stereocenters. The van der Waals surface area contributed by atoms with Crippen molar-refractivity contribution in [1.29, 1.82) is 0 Å². The summed E-state index contributed by atoms with van der Waals surface area (Å²) in [4.78, 5) is 2.55. The van der Waals surface area contributed by atoms with Crippen LogP contribution in [0.5, 0.6) is 0 Å². The van der Waals surface area contributed by atoms with Crippen molar-refractivity contribution in [3.63, 3.8) is 0 Å². The molecule has 1 heterocycles. The van der Waals surface area contributed by atoms with Crippen molar-refractivity contribution in [2.75, 3.05) is 24.5 Å². The minimum absolute atomic E-state index is 0.311. The molecule has 2 heteroatoms. The highest BCUT2D eigenvalue weighted by Gasteiger charge is 2.28. The molecule has 1 aliphatic heterocycles. The van der Waals surface area contributed by atoms with Gasteiger partial charge in [-0.25, -0.2) is 0 Å². The molecule has 1 N–H and O–H groups in total. The SMILES string of the molecule is Cc1ccccc1N1CCCNC(C(C)(C)C)C1. The second-order valence-corrected chi connectivity index (χ2v) is 6.46. The van der Waals surface area contributed by atoms with Gasteiger partial charge in [-0.3, -0.25) is 0 Å². The molecule has 18 heavy (non-hydrogen) atoms. The van der Waals surface area contributed by atoms with Crippen molar-refractivity contribution >= 4 is 5.69 Å². The smallest absolute Gasteiger partial charge is 0.0396 e. The Balaban J connectivity index is 2.20. The van der Waals surface area contributed by atoms with Gasteiger partial charge in [0.1, 0.15) is 0 Å². The molecule has 1 fully saturated rings. The van der Waals surface area contributed by atoms with Crippen molar-refractivity contribution in [2.45, 2.75) is 40.2 Å². The molecule has 0 spiro atoms. The molecule has 2 rings (SSSR count). The normalized spacial score (nSPS) is 21.8. The molecule has 0 radical (unpaired) electrons. The second kappa shape index (κ2) is 5.31. The molecule has 1 aromatic carbocycles. The minimum atomic E-state index is 0.311. The average Bonchev–Trinajstić information content (AvgIpc) is 2.54. The van der Waals surface area contributed by atoms with E-state index in [9.17, 15) is 0 Å². The van der Waals surface area contributed by atoms with Crippen LogP contribution >= 0.6 is 0 Å². The van der Waals surface area contributed by atoms with Crippen LogP contribution in [0.3, 0.4) is 0 Å². The number of nitrogens with one attached hydrogen (secondary N) is 1. The van der Waals surface area contributed by atoms with E-state index in [-0.39, 0.29) is 0 Å². The van der Waals surface area contributed by atoms with E-state index in [1.54, 1.807) is 0 Å². The second-order valence-electron chi connectivity index (χ2n) is 6.46. The zero-order valence-electron chi connectivity index (χ0n) is 12.2. The molecule has 1 saturated heterocycles. The van der Waals surface area contributed by atoms with E-state index in [2.05, 4.69) is 62.2 Å². The zero-order chi connectivity index (χ0) is 13.2. The first kappa shape index (κ1) is 13.4. The predicted octanol–water partition coefficient (Wildman–Crippen LogP) is 3.21. The summed E-state index contributed by atoms with van der Waals surface area (Å²) in [5.74, 6) is 0. The summed E-state index contributed by atoms with van der Waals surface area (Å²) >= 11 is 0. The molecule has 0 bridgehead atoms. The standard InChI is InChI=1S/C16H26N2/c1-13-8-5-6-9-14(13)18-11-7-10-17-15(12-18)16(2,3)4/h5-6,8-9,15,17H,7,10-12H2,1-4H3. The van der Waals surface area contributed by atoms with Gasteiger partial charge in [-0.1, -0.05) is 39.0 Å². The predicted molar refractivity (Wildman–Crippen MR) is 79.3 cm³/mol. The van der Waals surface area contributed by atoms with Crippen molar-refractivity contribution in [1.82, 2.24) is 5.32 Å². The Morgan fingerprint density at radius 1 is 1.22 bits per heavy atom. The first-order chi connectivity index (χ1) is 8.48. The summed E-state index contributed by atoms with van der Waals surface area (Å²) < 4.78 is 0. The molecule has 1 aliphatic rings. The molecule has 0 aliphatic carbocycles. The van der Waals surface area contributed by atoms with Crippen molar-refractivity contribution in [3.05, 3.63) is 29.8 Å². The monoisotopic (exact) mass is 246 g/mol. The highest BCUT2D eigenvalue weighted by molar-refractivity contribution is 5.53. The third kappa shape index (κ3) is 3.05. The van der Waals surface area contributed by atoms with Gasteiger partial charge in [0.25, 0.3) is 0 Å². The number of rotatable bonds is 1. The fourth-order valence-corrected chi connectivity index (χ4v) is 2.64. The van der Waals surface area contributed by atoms with E-state index in [0.717, 1.165) is 19.6 Å². The first-order valence-corrected chi connectivity index (χ1v) is 7.02. The van der Waals surface area contributed by atoms with Crippen LogP contribution in [0.15, 0.2) is 24.3 Å². The van der Waals surface area contributed by atoms with Crippen LogP contribution in [-0.2, 0) is 0 Å². The molecular formula is C16H26N2. The first-order valence-electron chi connectivity index (χ1n) is 7.02. The topological polar surface area (TPSA) is 15.3 Å². The minimum Gasteiger partial charge on any atom is -0.370 e. The van der Waals surface area contributed by atoms with Gasteiger partial charge >= 0.3 is 0 Å². The zero-order valence-corrected chi connectivity index (χ0v) is 12.2. The number of hydrogen-bond donors (Lipinski definition) is 1. The lowest BCUT2D eigenvalue weighted by atomic mass is 9.86. The number of para-hydroxylation sites is 1. The third-order valence-corrected chi connectivity index (χ3v) is 3.90. The maximum Gasteiger partial charge on any atom is 0.0396 e. The average molecular weight is 246 g/mol. The number of aryl methyl sites for hydroxylation is 1. The Bertz CT molecular complexity index is 392. The van der Waals surface area contributed by atoms with E-state index >= 15 is 0 Å². The van der Waals surface area contributed by atoms with E-state index in [1.165, 1.54) is 17.7 Å². The fraction of sp³-hybridized carbons (Fsp3) is 0.625. The lowest BCUT2D eigenvalue weighted by molar-refractivity contribution is 0.280.